The predicted molar refractivity (Wildman–Crippen MR) is 94.2 cm³/mol. The number of guanidine groups is 1. The molecule has 1 aliphatic rings. The molecule has 25 heavy (non-hydrogen) atoms. The molecule has 1 aromatic heterocycles. The zero-order valence-electron chi connectivity index (χ0n) is 13.9. The second kappa shape index (κ2) is 8.27. The van der Waals surface area contributed by atoms with Gasteiger partial charge in [-0.25, -0.2) is 19.4 Å². The topological polar surface area (TPSA) is 79.9 Å². The number of ether oxygens (including phenoxy) is 1. The van der Waals surface area contributed by atoms with Gasteiger partial charge in [0.15, 0.2) is 17.5 Å². The minimum atomic E-state index is -0.376. The summed E-state index contributed by atoms with van der Waals surface area (Å²) >= 11 is 0. The molecule has 1 fully saturated rings. The summed E-state index contributed by atoms with van der Waals surface area (Å²) in [4.78, 5) is 17.0. The van der Waals surface area contributed by atoms with Crippen LogP contribution >= 0.6 is 0 Å². The Hall–Kier alpha value is -2.90. The number of rotatable bonds is 5. The quantitative estimate of drug-likeness (QED) is 0.498. The Morgan fingerprint density at radius 1 is 1.12 bits per heavy atom. The lowest BCUT2D eigenvalue weighted by Gasteiger charge is -2.35. The van der Waals surface area contributed by atoms with Crippen molar-refractivity contribution >= 4 is 11.9 Å². The Morgan fingerprint density at radius 3 is 2.56 bits per heavy atom. The van der Waals surface area contributed by atoms with E-state index < -0.39 is 0 Å². The Kier molecular flexibility index (Phi) is 5.61. The molecular weight excluding hydrogens is 323 g/mol. The highest BCUT2D eigenvalue weighted by Crippen LogP contribution is 2.15. The number of hydrogen-bond donors (Lipinski definition) is 1. The van der Waals surface area contributed by atoms with E-state index in [0.717, 1.165) is 32.1 Å². The smallest absolute Gasteiger partial charge is 0.225 e. The summed E-state index contributed by atoms with van der Waals surface area (Å²) in [6.45, 7) is 3.73. The van der Waals surface area contributed by atoms with Crippen LogP contribution in [0.15, 0.2) is 47.7 Å². The number of piperazine rings is 1. The van der Waals surface area contributed by atoms with E-state index in [2.05, 4.69) is 19.9 Å². The predicted octanol–water partition coefficient (Wildman–Crippen LogP) is 1.13. The molecule has 0 atom stereocenters. The van der Waals surface area contributed by atoms with Gasteiger partial charge in [-0.3, -0.25) is 0 Å². The highest BCUT2D eigenvalue weighted by Gasteiger charge is 2.19. The number of benzene rings is 1. The first-order chi connectivity index (χ1) is 12.2. The molecule has 2 aromatic rings. The minimum absolute atomic E-state index is 0.229. The van der Waals surface area contributed by atoms with Gasteiger partial charge in [0, 0.05) is 38.6 Å². The number of aliphatic imine (C=N–C) groups is 1. The van der Waals surface area contributed by atoms with Gasteiger partial charge in [-0.1, -0.05) is 12.1 Å². The standard InChI is InChI=1S/C17H21FN6O/c18-14-4-1-2-5-15(14)25-13-8-20-16(19)23-9-11-24(12-10-23)17-21-6-3-7-22-17/h1-7H,8-13H2,(H2,19,20). The summed E-state index contributed by atoms with van der Waals surface area (Å²) in [5.41, 5.74) is 6.04. The average molecular weight is 344 g/mol. The van der Waals surface area contributed by atoms with Crippen LogP contribution in [0.4, 0.5) is 10.3 Å². The fourth-order valence-corrected chi connectivity index (χ4v) is 2.57. The van der Waals surface area contributed by atoms with Crippen molar-refractivity contribution in [2.45, 2.75) is 0 Å². The van der Waals surface area contributed by atoms with Crippen LogP contribution in [-0.4, -0.2) is 60.2 Å². The van der Waals surface area contributed by atoms with Crippen LogP contribution in [0.25, 0.3) is 0 Å². The van der Waals surface area contributed by atoms with Gasteiger partial charge in [0.25, 0.3) is 0 Å². The van der Waals surface area contributed by atoms with Gasteiger partial charge in [0.2, 0.25) is 5.95 Å². The zero-order valence-corrected chi connectivity index (χ0v) is 13.9. The van der Waals surface area contributed by atoms with Gasteiger partial charge in [0.1, 0.15) is 6.61 Å². The number of aromatic nitrogens is 2. The molecule has 0 unspecified atom stereocenters. The fourth-order valence-electron chi connectivity index (χ4n) is 2.57. The first kappa shape index (κ1) is 16.9. The van der Waals surface area contributed by atoms with Crippen molar-refractivity contribution < 1.29 is 9.13 Å². The average Bonchev–Trinajstić information content (AvgIpc) is 2.67. The second-order valence-electron chi connectivity index (χ2n) is 5.54. The monoisotopic (exact) mass is 344 g/mol. The van der Waals surface area contributed by atoms with Crippen molar-refractivity contribution in [2.24, 2.45) is 10.7 Å². The van der Waals surface area contributed by atoms with Gasteiger partial charge in [-0.2, -0.15) is 0 Å². The molecule has 0 spiro atoms. The molecule has 3 rings (SSSR count). The van der Waals surface area contributed by atoms with E-state index in [4.69, 9.17) is 10.5 Å². The third kappa shape index (κ3) is 4.56. The van der Waals surface area contributed by atoms with Gasteiger partial charge in [-0.15, -0.1) is 0 Å². The maximum Gasteiger partial charge on any atom is 0.225 e. The van der Waals surface area contributed by atoms with Crippen LogP contribution < -0.4 is 15.4 Å². The van der Waals surface area contributed by atoms with Crippen molar-refractivity contribution in [3.8, 4) is 5.75 Å². The molecule has 2 heterocycles. The molecule has 0 amide bonds. The molecular formula is C17H21FN6O. The summed E-state index contributed by atoms with van der Waals surface area (Å²) in [6.07, 6.45) is 3.47. The summed E-state index contributed by atoms with van der Waals surface area (Å²) in [6, 6.07) is 8.11. The Morgan fingerprint density at radius 2 is 1.84 bits per heavy atom. The zero-order chi connectivity index (χ0) is 17.5. The van der Waals surface area contributed by atoms with Crippen molar-refractivity contribution in [1.82, 2.24) is 14.9 Å². The van der Waals surface area contributed by atoms with Crippen molar-refractivity contribution in [1.29, 1.82) is 0 Å². The van der Waals surface area contributed by atoms with Crippen LogP contribution in [0.1, 0.15) is 0 Å². The molecule has 0 saturated carbocycles. The van der Waals surface area contributed by atoms with Crippen LogP contribution in [0.2, 0.25) is 0 Å². The first-order valence-electron chi connectivity index (χ1n) is 8.18. The van der Waals surface area contributed by atoms with Crippen molar-refractivity contribution in [2.75, 3.05) is 44.2 Å². The van der Waals surface area contributed by atoms with E-state index in [9.17, 15) is 4.39 Å². The number of nitrogens with zero attached hydrogens (tertiary/aromatic N) is 5. The molecule has 8 heteroatoms. The third-order valence-electron chi connectivity index (χ3n) is 3.90. The van der Waals surface area contributed by atoms with E-state index in [0.29, 0.717) is 12.5 Å². The number of hydrogen-bond acceptors (Lipinski definition) is 5. The number of halogens is 1. The summed E-state index contributed by atoms with van der Waals surface area (Å²) in [5, 5.41) is 0. The second-order valence-corrected chi connectivity index (χ2v) is 5.54. The van der Waals surface area contributed by atoms with Crippen LogP contribution in [0.3, 0.4) is 0 Å². The molecule has 0 aliphatic carbocycles. The molecule has 0 radical (unpaired) electrons. The Balaban J connectivity index is 1.43. The van der Waals surface area contributed by atoms with E-state index >= 15 is 0 Å². The maximum absolute atomic E-state index is 13.4. The first-order valence-corrected chi connectivity index (χ1v) is 8.18. The molecule has 1 aliphatic heterocycles. The maximum atomic E-state index is 13.4. The summed E-state index contributed by atoms with van der Waals surface area (Å²) in [7, 11) is 0. The van der Waals surface area contributed by atoms with E-state index in [1.54, 1.807) is 36.7 Å². The lowest BCUT2D eigenvalue weighted by Crippen LogP contribution is -2.51. The molecule has 132 valence electrons. The normalized spacial score (nSPS) is 15.3. The summed E-state index contributed by atoms with van der Waals surface area (Å²) in [5.74, 6) is 1.06. The number of anilines is 1. The molecule has 1 aromatic carbocycles. The molecule has 1 saturated heterocycles. The Bertz CT molecular complexity index is 703. The largest absolute Gasteiger partial charge is 0.489 e. The van der Waals surface area contributed by atoms with Gasteiger partial charge < -0.3 is 20.3 Å². The number of para-hydroxylation sites is 1. The molecule has 2 N–H and O–H groups in total. The van der Waals surface area contributed by atoms with Crippen LogP contribution in [0.5, 0.6) is 5.75 Å². The van der Waals surface area contributed by atoms with Gasteiger partial charge >= 0.3 is 0 Å². The lowest BCUT2D eigenvalue weighted by atomic mass is 10.3. The Labute approximate surface area is 146 Å². The fraction of sp³-hybridized carbons (Fsp3) is 0.353. The highest BCUT2D eigenvalue weighted by molar-refractivity contribution is 5.78. The number of nitrogens with two attached hydrogens (primary N) is 1. The minimum Gasteiger partial charge on any atom is -0.489 e. The van der Waals surface area contributed by atoms with Crippen molar-refractivity contribution in [3.05, 3.63) is 48.5 Å². The van der Waals surface area contributed by atoms with E-state index in [1.165, 1.54) is 6.07 Å². The van der Waals surface area contributed by atoms with Crippen LogP contribution in [0, 0.1) is 5.82 Å². The third-order valence-corrected chi connectivity index (χ3v) is 3.90. The van der Waals surface area contributed by atoms with Crippen molar-refractivity contribution in [3.63, 3.8) is 0 Å². The van der Waals surface area contributed by atoms with Crippen LogP contribution in [-0.2, 0) is 0 Å². The highest BCUT2D eigenvalue weighted by atomic mass is 19.1. The molecule has 7 nitrogen and oxygen atoms in total. The summed E-state index contributed by atoms with van der Waals surface area (Å²) < 4.78 is 18.8. The van der Waals surface area contributed by atoms with E-state index in [1.807, 2.05) is 4.90 Å². The molecule has 0 bridgehead atoms. The SMILES string of the molecule is NC(=NCCOc1ccccc1F)N1CCN(c2ncccn2)CC1. The van der Waals surface area contributed by atoms with E-state index in [-0.39, 0.29) is 18.2 Å². The lowest BCUT2D eigenvalue weighted by molar-refractivity contribution is 0.309. The van der Waals surface area contributed by atoms with Gasteiger partial charge in [-0.05, 0) is 18.2 Å². The van der Waals surface area contributed by atoms with Gasteiger partial charge in [0.05, 0.1) is 6.54 Å².